The summed E-state index contributed by atoms with van der Waals surface area (Å²) in [5.41, 5.74) is 6.61. The van der Waals surface area contributed by atoms with E-state index in [1.54, 1.807) is 30.9 Å². The van der Waals surface area contributed by atoms with Crippen molar-refractivity contribution < 1.29 is 13.2 Å². The number of rotatable bonds is 6. The third kappa shape index (κ3) is 3.95. The quantitative estimate of drug-likeness (QED) is 0.770. The number of amides is 1. The lowest BCUT2D eigenvalue weighted by atomic mass is 10.2. The van der Waals surface area contributed by atoms with Gasteiger partial charge in [-0.25, -0.2) is 8.42 Å². The third-order valence-corrected chi connectivity index (χ3v) is 5.08. The number of benzene rings is 1. The van der Waals surface area contributed by atoms with Gasteiger partial charge in [-0.1, -0.05) is 6.07 Å². The Morgan fingerprint density at radius 3 is 2.43 bits per heavy atom. The number of anilines is 1. The summed E-state index contributed by atoms with van der Waals surface area (Å²) in [4.78, 5) is 13.8. The van der Waals surface area contributed by atoms with Crippen LogP contribution in [0.4, 0.5) is 5.69 Å². The van der Waals surface area contributed by atoms with Crippen molar-refractivity contribution in [2.75, 3.05) is 18.8 Å². The van der Waals surface area contributed by atoms with E-state index in [4.69, 9.17) is 5.73 Å². The second-order valence-electron chi connectivity index (χ2n) is 4.82. The van der Waals surface area contributed by atoms with E-state index in [0.717, 1.165) is 0 Å². The molecule has 0 aliphatic carbocycles. The molecule has 7 heteroatoms. The van der Waals surface area contributed by atoms with E-state index in [1.807, 2.05) is 13.8 Å². The van der Waals surface area contributed by atoms with Gasteiger partial charge in [0.15, 0.2) is 0 Å². The predicted molar refractivity (Wildman–Crippen MR) is 83.3 cm³/mol. The first kappa shape index (κ1) is 17.5. The molecule has 6 nitrogen and oxygen atoms in total. The number of nitrogens with one attached hydrogen (secondary N) is 1. The largest absolute Gasteiger partial charge is 0.398 e. The van der Waals surface area contributed by atoms with Gasteiger partial charge < -0.3 is 10.6 Å². The Balaban J connectivity index is 3.00. The van der Waals surface area contributed by atoms with Crippen molar-refractivity contribution in [1.82, 2.24) is 9.62 Å². The van der Waals surface area contributed by atoms with Crippen LogP contribution in [0.5, 0.6) is 0 Å². The zero-order chi connectivity index (χ0) is 16.2. The number of nitrogen functional groups attached to an aromatic ring is 1. The second-order valence-corrected chi connectivity index (χ2v) is 6.51. The van der Waals surface area contributed by atoms with Crippen LogP contribution < -0.4 is 10.5 Å². The van der Waals surface area contributed by atoms with Crippen LogP contribution in [0, 0.1) is 6.92 Å². The molecule has 0 fully saturated rings. The number of hydrogen-bond donors (Lipinski definition) is 2. The van der Waals surface area contributed by atoms with Crippen molar-refractivity contribution in [1.29, 1.82) is 0 Å². The van der Waals surface area contributed by atoms with Crippen molar-refractivity contribution in [3.8, 4) is 0 Å². The fourth-order valence-corrected chi connectivity index (χ4v) is 3.55. The molecule has 0 radical (unpaired) electrons. The van der Waals surface area contributed by atoms with Crippen molar-refractivity contribution in [3.63, 3.8) is 0 Å². The maximum absolute atomic E-state index is 12.4. The molecule has 118 valence electrons. The topological polar surface area (TPSA) is 92.5 Å². The molecular formula is C14H23N3O3S. The standard InChI is InChI=1S/C14H23N3O3S/c1-5-17(6-2)14(18)11(4)16-21(19,20)13-9-7-8-12(15)10(13)3/h7-9,11,16H,5-6,15H2,1-4H3. The van der Waals surface area contributed by atoms with Crippen molar-refractivity contribution in [2.45, 2.75) is 38.6 Å². The molecule has 1 unspecified atom stereocenters. The van der Waals surface area contributed by atoms with Gasteiger partial charge in [0.1, 0.15) is 0 Å². The highest BCUT2D eigenvalue weighted by Crippen LogP contribution is 2.20. The molecule has 0 saturated carbocycles. The first-order valence-corrected chi connectivity index (χ1v) is 8.39. The van der Waals surface area contributed by atoms with Crippen LogP contribution in [0.15, 0.2) is 23.1 Å². The predicted octanol–water partition coefficient (Wildman–Crippen LogP) is 1.11. The number of hydrogen-bond acceptors (Lipinski definition) is 4. The van der Waals surface area contributed by atoms with Gasteiger partial charge in [-0.3, -0.25) is 4.79 Å². The summed E-state index contributed by atoms with van der Waals surface area (Å²) in [6.07, 6.45) is 0. The Morgan fingerprint density at radius 2 is 1.90 bits per heavy atom. The van der Waals surface area contributed by atoms with E-state index in [2.05, 4.69) is 4.72 Å². The Kier molecular flexibility index (Phi) is 5.74. The smallest absolute Gasteiger partial charge is 0.241 e. The number of nitrogens with two attached hydrogens (primary N) is 1. The molecule has 0 saturated heterocycles. The van der Waals surface area contributed by atoms with Crippen LogP contribution in [0.25, 0.3) is 0 Å². The average Bonchev–Trinajstić information content (AvgIpc) is 2.42. The van der Waals surface area contributed by atoms with Crippen molar-refractivity contribution in [2.24, 2.45) is 0 Å². The lowest BCUT2D eigenvalue weighted by molar-refractivity contribution is -0.132. The van der Waals surface area contributed by atoms with Gasteiger partial charge in [0.25, 0.3) is 0 Å². The van der Waals surface area contributed by atoms with Gasteiger partial charge in [0, 0.05) is 18.8 Å². The molecule has 1 aromatic carbocycles. The molecule has 0 aliphatic heterocycles. The molecule has 0 heterocycles. The summed E-state index contributed by atoms with van der Waals surface area (Å²) in [5.74, 6) is -0.245. The zero-order valence-corrected chi connectivity index (χ0v) is 13.7. The number of carbonyl (C=O) groups is 1. The van der Waals surface area contributed by atoms with E-state index in [-0.39, 0.29) is 10.8 Å². The molecule has 3 N–H and O–H groups in total. The summed E-state index contributed by atoms with van der Waals surface area (Å²) in [5, 5.41) is 0. The molecule has 21 heavy (non-hydrogen) atoms. The summed E-state index contributed by atoms with van der Waals surface area (Å²) < 4.78 is 27.2. The Hall–Kier alpha value is -1.60. The van der Waals surface area contributed by atoms with E-state index in [9.17, 15) is 13.2 Å². The summed E-state index contributed by atoms with van der Waals surface area (Å²) in [7, 11) is -3.79. The maximum atomic E-state index is 12.4. The van der Waals surface area contributed by atoms with Gasteiger partial charge >= 0.3 is 0 Å². The Morgan fingerprint density at radius 1 is 1.33 bits per heavy atom. The maximum Gasteiger partial charge on any atom is 0.241 e. The van der Waals surface area contributed by atoms with Gasteiger partial charge in [-0.05, 0) is 45.4 Å². The van der Waals surface area contributed by atoms with Crippen LogP contribution in [0.3, 0.4) is 0 Å². The first-order valence-electron chi connectivity index (χ1n) is 6.90. The summed E-state index contributed by atoms with van der Waals surface area (Å²) >= 11 is 0. The molecule has 1 aromatic rings. The Labute approximate surface area is 126 Å². The summed E-state index contributed by atoms with van der Waals surface area (Å²) in [6.45, 7) is 7.97. The van der Waals surface area contributed by atoms with Gasteiger partial charge in [-0.15, -0.1) is 0 Å². The fraction of sp³-hybridized carbons (Fsp3) is 0.500. The number of nitrogens with zero attached hydrogens (tertiary/aromatic N) is 1. The third-order valence-electron chi connectivity index (χ3n) is 3.39. The normalized spacial score (nSPS) is 13.0. The van der Waals surface area contributed by atoms with E-state index >= 15 is 0 Å². The van der Waals surface area contributed by atoms with Crippen LogP contribution in [0.2, 0.25) is 0 Å². The number of carbonyl (C=O) groups excluding carboxylic acids is 1. The minimum atomic E-state index is -3.79. The minimum absolute atomic E-state index is 0.0988. The van der Waals surface area contributed by atoms with E-state index in [1.165, 1.54) is 6.07 Å². The van der Waals surface area contributed by atoms with Crippen LogP contribution in [-0.4, -0.2) is 38.4 Å². The highest BCUT2D eigenvalue weighted by atomic mass is 32.2. The average molecular weight is 313 g/mol. The molecule has 0 spiro atoms. The lowest BCUT2D eigenvalue weighted by Gasteiger charge is -2.23. The monoisotopic (exact) mass is 313 g/mol. The molecule has 0 bridgehead atoms. The number of likely N-dealkylation sites (N-methyl/N-ethyl adjacent to an activating group) is 1. The van der Waals surface area contributed by atoms with Gasteiger partial charge in [-0.2, -0.15) is 4.72 Å². The molecule has 1 atom stereocenters. The van der Waals surface area contributed by atoms with Gasteiger partial charge in [0.05, 0.1) is 10.9 Å². The lowest BCUT2D eigenvalue weighted by Crippen LogP contribution is -2.46. The second kappa shape index (κ2) is 6.91. The van der Waals surface area contributed by atoms with Gasteiger partial charge in [0.2, 0.25) is 15.9 Å². The van der Waals surface area contributed by atoms with Crippen molar-refractivity contribution >= 4 is 21.6 Å². The minimum Gasteiger partial charge on any atom is -0.398 e. The first-order chi connectivity index (χ1) is 9.74. The zero-order valence-electron chi connectivity index (χ0n) is 12.9. The van der Waals surface area contributed by atoms with Crippen LogP contribution >= 0.6 is 0 Å². The number of sulfonamides is 1. The molecule has 1 rings (SSSR count). The molecule has 0 aromatic heterocycles. The highest BCUT2D eigenvalue weighted by Gasteiger charge is 2.25. The Bertz CT molecular complexity index is 610. The van der Waals surface area contributed by atoms with Crippen molar-refractivity contribution in [3.05, 3.63) is 23.8 Å². The highest BCUT2D eigenvalue weighted by molar-refractivity contribution is 7.89. The van der Waals surface area contributed by atoms with E-state index < -0.39 is 16.1 Å². The molecule has 1 amide bonds. The molecule has 0 aliphatic rings. The molecular weight excluding hydrogens is 290 g/mol. The summed E-state index contributed by atoms with van der Waals surface area (Å²) in [6, 6.07) is 3.87. The van der Waals surface area contributed by atoms with E-state index in [0.29, 0.717) is 24.3 Å². The SMILES string of the molecule is CCN(CC)C(=O)C(C)NS(=O)(=O)c1cccc(N)c1C. The van der Waals surface area contributed by atoms with Crippen LogP contribution in [0.1, 0.15) is 26.3 Å². The van der Waals surface area contributed by atoms with Crippen LogP contribution in [-0.2, 0) is 14.8 Å². The fourth-order valence-electron chi connectivity index (χ4n) is 2.08.